The molecule has 6 nitrogen and oxygen atoms in total. The highest BCUT2D eigenvalue weighted by atomic mass is 32.1. The molecule has 0 fully saturated rings. The minimum atomic E-state index is -0.736. The number of nitrogens with one attached hydrogen (secondary N) is 1. The van der Waals surface area contributed by atoms with E-state index < -0.39 is 12.1 Å². The molecular formula is C10H16N2O4S. The first kappa shape index (κ1) is 15.4. The largest absolute Gasteiger partial charge is 0.462 e. The molecule has 0 aromatic carbocycles. The molecule has 7 heteroatoms. The summed E-state index contributed by atoms with van der Waals surface area (Å²) in [7, 11) is 0. The van der Waals surface area contributed by atoms with Crippen molar-refractivity contribution in [3.05, 3.63) is 11.3 Å². The molecule has 0 aromatic heterocycles. The van der Waals surface area contributed by atoms with Crippen LogP contribution >= 0.6 is 12.2 Å². The van der Waals surface area contributed by atoms with Crippen molar-refractivity contribution in [2.45, 2.75) is 20.8 Å². The Labute approximate surface area is 105 Å². The molecule has 0 spiro atoms. The van der Waals surface area contributed by atoms with Gasteiger partial charge in [0, 0.05) is 5.70 Å². The van der Waals surface area contributed by atoms with Gasteiger partial charge in [-0.1, -0.05) is 12.2 Å². The number of thiocarbonyl (C=S) groups is 1. The Morgan fingerprint density at radius 3 is 2.18 bits per heavy atom. The molecule has 96 valence electrons. The fourth-order valence-corrected chi connectivity index (χ4v) is 1.29. The van der Waals surface area contributed by atoms with Gasteiger partial charge < -0.3 is 15.2 Å². The minimum Gasteiger partial charge on any atom is -0.462 e. The molecule has 0 rings (SSSR count). The number of carbonyl (C=O) groups is 2. The molecule has 0 aromatic rings. The van der Waals surface area contributed by atoms with E-state index in [1.165, 1.54) is 6.92 Å². The van der Waals surface area contributed by atoms with Gasteiger partial charge in [0.1, 0.15) is 10.6 Å². The van der Waals surface area contributed by atoms with Crippen LogP contribution in [0.2, 0.25) is 0 Å². The first-order chi connectivity index (χ1) is 7.93. The van der Waals surface area contributed by atoms with Crippen molar-refractivity contribution in [2.24, 2.45) is 5.73 Å². The molecule has 0 saturated heterocycles. The molecule has 1 amide bonds. The Morgan fingerprint density at radius 1 is 1.24 bits per heavy atom. The molecule has 0 radical (unpaired) electrons. The quantitative estimate of drug-likeness (QED) is 0.442. The highest BCUT2D eigenvalue weighted by Gasteiger charge is 2.20. The SMILES string of the molecule is CCOC(=O)NC(=S)C(C(=O)OCC)=C(C)N. The minimum absolute atomic E-state index is 0.0325. The summed E-state index contributed by atoms with van der Waals surface area (Å²) in [6.45, 7) is 5.19. The van der Waals surface area contributed by atoms with Crippen LogP contribution in [0.1, 0.15) is 20.8 Å². The van der Waals surface area contributed by atoms with Crippen LogP contribution in [0.15, 0.2) is 11.3 Å². The van der Waals surface area contributed by atoms with Crippen LogP contribution in [-0.4, -0.2) is 30.3 Å². The number of allylic oxidation sites excluding steroid dienone is 1. The lowest BCUT2D eigenvalue weighted by atomic mass is 10.2. The second-order valence-electron chi connectivity index (χ2n) is 2.95. The molecule has 0 atom stereocenters. The van der Waals surface area contributed by atoms with Crippen molar-refractivity contribution in [1.82, 2.24) is 5.32 Å². The lowest BCUT2D eigenvalue weighted by Gasteiger charge is -2.11. The van der Waals surface area contributed by atoms with Crippen LogP contribution in [-0.2, 0) is 14.3 Å². The second kappa shape index (κ2) is 7.61. The third-order valence-corrected chi connectivity index (χ3v) is 1.90. The topological polar surface area (TPSA) is 90.6 Å². The molecule has 0 unspecified atom stereocenters. The number of hydrogen-bond donors (Lipinski definition) is 2. The maximum absolute atomic E-state index is 11.5. The average molecular weight is 260 g/mol. The van der Waals surface area contributed by atoms with Gasteiger partial charge in [-0.3, -0.25) is 5.32 Å². The first-order valence-electron chi connectivity index (χ1n) is 5.05. The van der Waals surface area contributed by atoms with E-state index in [1.54, 1.807) is 13.8 Å². The van der Waals surface area contributed by atoms with E-state index in [0.717, 1.165) is 0 Å². The highest BCUT2D eigenvalue weighted by molar-refractivity contribution is 7.80. The summed E-state index contributed by atoms with van der Waals surface area (Å²) in [6.07, 6.45) is -0.736. The van der Waals surface area contributed by atoms with Gasteiger partial charge in [-0.2, -0.15) is 0 Å². The van der Waals surface area contributed by atoms with Gasteiger partial charge in [0.15, 0.2) is 0 Å². The average Bonchev–Trinajstić information content (AvgIpc) is 2.17. The Morgan fingerprint density at radius 2 is 1.76 bits per heavy atom. The summed E-state index contributed by atoms with van der Waals surface area (Å²) in [4.78, 5) is 22.5. The van der Waals surface area contributed by atoms with E-state index in [-0.39, 0.29) is 29.5 Å². The third-order valence-electron chi connectivity index (χ3n) is 1.59. The molecule has 0 aliphatic heterocycles. The van der Waals surface area contributed by atoms with Crippen molar-refractivity contribution in [2.75, 3.05) is 13.2 Å². The summed E-state index contributed by atoms with van der Waals surface area (Å²) in [5.74, 6) is -0.672. The number of rotatable bonds is 4. The van der Waals surface area contributed by atoms with Gasteiger partial charge in [0.2, 0.25) is 0 Å². The predicted octanol–water partition coefficient (Wildman–Crippen LogP) is 0.856. The fraction of sp³-hybridized carbons (Fsp3) is 0.500. The lowest BCUT2D eigenvalue weighted by molar-refractivity contribution is -0.137. The third kappa shape index (κ3) is 5.30. The molecule has 0 bridgehead atoms. The number of ether oxygens (including phenoxy) is 2. The number of alkyl carbamates (subject to hydrolysis) is 1. The van der Waals surface area contributed by atoms with Gasteiger partial charge >= 0.3 is 12.1 Å². The maximum atomic E-state index is 11.5. The Bertz CT molecular complexity index is 348. The summed E-state index contributed by atoms with van der Waals surface area (Å²) < 4.78 is 9.40. The maximum Gasteiger partial charge on any atom is 0.412 e. The van der Waals surface area contributed by atoms with Crippen molar-refractivity contribution < 1.29 is 19.1 Å². The van der Waals surface area contributed by atoms with E-state index >= 15 is 0 Å². The Hall–Kier alpha value is -1.63. The van der Waals surface area contributed by atoms with Crippen LogP contribution in [0.4, 0.5) is 4.79 Å². The number of amides is 1. The van der Waals surface area contributed by atoms with Crippen LogP contribution in [0, 0.1) is 0 Å². The zero-order chi connectivity index (χ0) is 13.4. The standard InChI is InChI=1S/C10H16N2O4S/c1-4-15-9(13)7(6(3)11)8(17)12-10(14)16-5-2/h4-5,11H2,1-3H3,(H,12,14,17). The predicted molar refractivity (Wildman–Crippen MR) is 66.3 cm³/mol. The molecule has 3 N–H and O–H groups in total. The van der Waals surface area contributed by atoms with Crippen LogP contribution < -0.4 is 11.1 Å². The number of carbonyl (C=O) groups excluding carboxylic acids is 2. The summed E-state index contributed by atoms with van der Waals surface area (Å²) in [5.41, 5.74) is 5.66. The number of hydrogen-bond acceptors (Lipinski definition) is 6. The molecule has 0 heterocycles. The van der Waals surface area contributed by atoms with Crippen LogP contribution in [0.3, 0.4) is 0 Å². The van der Waals surface area contributed by atoms with Crippen molar-refractivity contribution in [3.63, 3.8) is 0 Å². The molecule has 0 aliphatic carbocycles. The summed E-state index contributed by atoms with van der Waals surface area (Å²) in [5, 5.41) is 2.23. The zero-order valence-electron chi connectivity index (χ0n) is 10.0. The van der Waals surface area contributed by atoms with E-state index in [1.807, 2.05) is 0 Å². The lowest BCUT2D eigenvalue weighted by Crippen LogP contribution is -2.34. The highest BCUT2D eigenvalue weighted by Crippen LogP contribution is 2.04. The van der Waals surface area contributed by atoms with E-state index in [2.05, 4.69) is 10.1 Å². The van der Waals surface area contributed by atoms with Crippen molar-refractivity contribution >= 4 is 29.3 Å². The van der Waals surface area contributed by atoms with Gasteiger partial charge in [-0.15, -0.1) is 0 Å². The number of esters is 1. The Balaban J connectivity index is 4.76. The summed E-state index contributed by atoms with van der Waals surface area (Å²) in [6, 6.07) is 0. The van der Waals surface area contributed by atoms with E-state index in [9.17, 15) is 9.59 Å². The molecular weight excluding hydrogens is 244 g/mol. The molecule has 0 saturated carbocycles. The summed E-state index contributed by atoms with van der Waals surface area (Å²) >= 11 is 4.88. The van der Waals surface area contributed by atoms with Crippen molar-refractivity contribution in [1.29, 1.82) is 0 Å². The fourth-order valence-electron chi connectivity index (χ4n) is 0.958. The van der Waals surface area contributed by atoms with Gasteiger partial charge in [0.05, 0.1) is 13.2 Å². The first-order valence-corrected chi connectivity index (χ1v) is 5.46. The molecule has 0 aliphatic rings. The van der Waals surface area contributed by atoms with Crippen LogP contribution in [0.25, 0.3) is 0 Å². The van der Waals surface area contributed by atoms with Crippen LogP contribution in [0.5, 0.6) is 0 Å². The van der Waals surface area contributed by atoms with Gasteiger partial charge in [-0.05, 0) is 20.8 Å². The molecule has 17 heavy (non-hydrogen) atoms. The monoisotopic (exact) mass is 260 g/mol. The van der Waals surface area contributed by atoms with E-state index in [4.69, 9.17) is 22.7 Å². The number of nitrogens with two attached hydrogens (primary N) is 1. The Kier molecular flexibility index (Phi) is 6.88. The smallest absolute Gasteiger partial charge is 0.412 e. The normalized spacial score (nSPS) is 11.2. The van der Waals surface area contributed by atoms with E-state index in [0.29, 0.717) is 0 Å². The van der Waals surface area contributed by atoms with Gasteiger partial charge in [0.25, 0.3) is 0 Å². The van der Waals surface area contributed by atoms with Gasteiger partial charge in [-0.25, -0.2) is 9.59 Å². The zero-order valence-corrected chi connectivity index (χ0v) is 10.8. The van der Waals surface area contributed by atoms with Crippen molar-refractivity contribution in [3.8, 4) is 0 Å². The second-order valence-corrected chi connectivity index (χ2v) is 3.36.